The number of likely N-dealkylation sites (N-methyl/N-ethyl adjacent to an activating group) is 1. The Morgan fingerprint density at radius 3 is 2.67 bits per heavy atom. The fourth-order valence-electron chi connectivity index (χ4n) is 1.83. The SMILES string of the molecule is CCN1CCN(C(C)CC(=O)O)C(=O)C1. The van der Waals surface area contributed by atoms with Crippen molar-refractivity contribution in [2.45, 2.75) is 26.3 Å². The molecule has 0 aliphatic carbocycles. The van der Waals surface area contributed by atoms with E-state index in [0.717, 1.165) is 13.1 Å². The van der Waals surface area contributed by atoms with E-state index in [0.29, 0.717) is 13.1 Å². The van der Waals surface area contributed by atoms with Crippen molar-refractivity contribution in [1.82, 2.24) is 9.80 Å². The van der Waals surface area contributed by atoms with Gasteiger partial charge in [-0.05, 0) is 13.5 Å². The largest absolute Gasteiger partial charge is 0.481 e. The second kappa shape index (κ2) is 5.11. The molecular formula is C10H18N2O3. The van der Waals surface area contributed by atoms with E-state index in [2.05, 4.69) is 4.90 Å². The first-order valence-electron chi connectivity index (χ1n) is 5.28. The maximum absolute atomic E-state index is 11.7. The van der Waals surface area contributed by atoms with Crippen molar-refractivity contribution in [3.63, 3.8) is 0 Å². The zero-order valence-corrected chi connectivity index (χ0v) is 9.27. The van der Waals surface area contributed by atoms with Crippen LogP contribution in [-0.2, 0) is 9.59 Å². The van der Waals surface area contributed by atoms with Gasteiger partial charge < -0.3 is 10.0 Å². The van der Waals surface area contributed by atoms with E-state index in [1.54, 1.807) is 11.8 Å². The minimum atomic E-state index is -0.853. The molecule has 1 unspecified atom stereocenters. The van der Waals surface area contributed by atoms with Gasteiger partial charge in [0.05, 0.1) is 13.0 Å². The number of aliphatic carboxylic acids is 1. The third-order valence-corrected chi connectivity index (χ3v) is 2.79. The molecular weight excluding hydrogens is 196 g/mol. The molecule has 1 saturated heterocycles. The molecule has 1 aliphatic rings. The standard InChI is InChI=1S/C10H18N2O3/c1-3-11-4-5-12(9(13)7-11)8(2)6-10(14)15/h8H,3-7H2,1-2H3,(H,14,15). The van der Waals surface area contributed by atoms with Crippen molar-refractivity contribution < 1.29 is 14.7 Å². The molecule has 0 aromatic heterocycles. The number of carbonyl (C=O) groups is 2. The van der Waals surface area contributed by atoms with Gasteiger partial charge >= 0.3 is 5.97 Å². The van der Waals surface area contributed by atoms with Gasteiger partial charge in [0.2, 0.25) is 5.91 Å². The van der Waals surface area contributed by atoms with Gasteiger partial charge in [0, 0.05) is 19.1 Å². The summed E-state index contributed by atoms with van der Waals surface area (Å²) in [6, 6.07) is -0.200. The van der Waals surface area contributed by atoms with Crippen molar-refractivity contribution in [2.75, 3.05) is 26.2 Å². The van der Waals surface area contributed by atoms with Gasteiger partial charge in [0.1, 0.15) is 0 Å². The number of amides is 1. The van der Waals surface area contributed by atoms with E-state index in [1.165, 1.54) is 0 Å². The fourth-order valence-corrected chi connectivity index (χ4v) is 1.83. The van der Waals surface area contributed by atoms with Crippen molar-refractivity contribution in [1.29, 1.82) is 0 Å². The quantitative estimate of drug-likeness (QED) is 0.716. The average Bonchev–Trinajstić information content (AvgIpc) is 2.16. The highest BCUT2D eigenvalue weighted by molar-refractivity contribution is 5.80. The van der Waals surface area contributed by atoms with Crippen LogP contribution < -0.4 is 0 Å². The molecule has 1 atom stereocenters. The predicted molar refractivity (Wildman–Crippen MR) is 55.5 cm³/mol. The van der Waals surface area contributed by atoms with Gasteiger partial charge in [0.25, 0.3) is 0 Å². The molecule has 1 N–H and O–H groups in total. The first kappa shape index (κ1) is 12.0. The Hall–Kier alpha value is -1.10. The number of rotatable bonds is 4. The topological polar surface area (TPSA) is 60.9 Å². The summed E-state index contributed by atoms with van der Waals surface area (Å²) in [4.78, 5) is 25.9. The number of carboxylic acid groups (broad SMARTS) is 1. The van der Waals surface area contributed by atoms with Crippen LogP contribution in [0.2, 0.25) is 0 Å². The summed E-state index contributed by atoms with van der Waals surface area (Å²) in [7, 11) is 0. The summed E-state index contributed by atoms with van der Waals surface area (Å²) in [5, 5.41) is 8.65. The summed E-state index contributed by atoms with van der Waals surface area (Å²) in [6.07, 6.45) is 0.0257. The minimum absolute atomic E-state index is 0.0257. The number of hydrogen-bond acceptors (Lipinski definition) is 3. The highest BCUT2D eigenvalue weighted by atomic mass is 16.4. The van der Waals surface area contributed by atoms with Gasteiger partial charge in [0.15, 0.2) is 0 Å². The molecule has 0 bridgehead atoms. The fraction of sp³-hybridized carbons (Fsp3) is 0.800. The van der Waals surface area contributed by atoms with Gasteiger partial charge in [-0.25, -0.2) is 0 Å². The summed E-state index contributed by atoms with van der Waals surface area (Å²) < 4.78 is 0. The summed E-state index contributed by atoms with van der Waals surface area (Å²) in [6.45, 7) is 6.57. The Bertz CT molecular complexity index is 255. The van der Waals surface area contributed by atoms with Gasteiger partial charge in [-0.15, -0.1) is 0 Å². The summed E-state index contributed by atoms with van der Waals surface area (Å²) in [5.74, 6) is -0.815. The molecule has 1 fully saturated rings. The monoisotopic (exact) mass is 214 g/mol. The lowest BCUT2D eigenvalue weighted by molar-refractivity contribution is -0.142. The maximum atomic E-state index is 11.7. The number of carbonyl (C=O) groups excluding carboxylic acids is 1. The molecule has 1 rings (SSSR count). The van der Waals surface area contributed by atoms with Crippen LogP contribution in [0.1, 0.15) is 20.3 Å². The normalized spacial score (nSPS) is 20.4. The molecule has 15 heavy (non-hydrogen) atoms. The summed E-state index contributed by atoms with van der Waals surface area (Å²) in [5.41, 5.74) is 0. The molecule has 0 radical (unpaired) electrons. The highest BCUT2D eigenvalue weighted by Crippen LogP contribution is 2.10. The molecule has 5 nitrogen and oxygen atoms in total. The van der Waals surface area contributed by atoms with Gasteiger partial charge in [-0.2, -0.15) is 0 Å². The van der Waals surface area contributed by atoms with E-state index < -0.39 is 5.97 Å². The lowest BCUT2D eigenvalue weighted by Crippen LogP contribution is -2.53. The Morgan fingerprint density at radius 1 is 1.53 bits per heavy atom. The predicted octanol–water partition coefficient (Wildman–Crippen LogP) is 0.0137. The van der Waals surface area contributed by atoms with Crippen LogP contribution in [-0.4, -0.2) is 59.0 Å². The molecule has 1 amide bonds. The average molecular weight is 214 g/mol. The second-order valence-electron chi connectivity index (χ2n) is 3.90. The van der Waals surface area contributed by atoms with E-state index in [-0.39, 0.29) is 18.4 Å². The number of piperazine rings is 1. The number of hydrogen-bond donors (Lipinski definition) is 1. The van der Waals surface area contributed by atoms with Crippen molar-refractivity contribution in [3.05, 3.63) is 0 Å². The van der Waals surface area contributed by atoms with Crippen LogP contribution in [0.3, 0.4) is 0 Å². The van der Waals surface area contributed by atoms with E-state index in [4.69, 9.17) is 5.11 Å². The summed E-state index contributed by atoms with van der Waals surface area (Å²) >= 11 is 0. The van der Waals surface area contributed by atoms with E-state index in [1.807, 2.05) is 6.92 Å². The lowest BCUT2D eigenvalue weighted by Gasteiger charge is -2.36. The van der Waals surface area contributed by atoms with Crippen LogP contribution in [0.5, 0.6) is 0 Å². The zero-order chi connectivity index (χ0) is 11.4. The lowest BCUT2D eigenvalue weighted by atomic mass is 10.1. The Morgan fingerprint density at radius 2 is 2.20 bits per heavy atom. The van der Waals surface area contributed by atoms with Crippen molar-refractivity contribution >= 4 is 11.9 Å². The van der Waals surface area contributed by atoms with Crippen molar-refractivity contribution in [2.24, 2.45) is 0 Å². The Labute approximate surface area is 89.7 Å². The van der Waals surface area contributed by atoms with Gasteiger partial charge in [-0.3, -0.25) is 14.5 Å². The van der Waals surface area contributed by atoms with Crippen LogP contribution in [0, 0.1) is 0 Å². The molecule has 86 valence electrons. The highest BCUT2D eigenvalue weighted by Gasteiger charge is 2.27. The van der Waals surface area contributed by atoms with Crippen LogP contribution in [0.15, 0.2) is 0 Å². The van der Waals surface area contributed by atoms with Crippen LogP contribution >= 0.6 is 0 Å². The first-order chi connectivity index (χ1) is 7.04. The molecule has 0 saturated carbocycles. The van der Waals surface area contributed by atoms with Crippen LogP contribution in [0.25, 0.3) is 0 Å². The minimum Gasteiger partial charge on any atom is -0.481 e. The molecule has 0 aromatic rings. The molecule has 0 spiro atoms. The van der Waals surface area contributed by atoms with E-state index in [9.17, 15) is 9.59 Å². The van der Waals surface area contributed by atoms with Crippen LogP contribution in [0.4, 0.5) is 0 Å². The molecule has 5 heteroatoms. The third-order valence-electron chi connectivity index (χ3n) is 2.79. The number of carboxylic acids is 1. The maximum Gasteiger partial charge on any atom is 0.305 e. The zero-order valence-electron chi connectivity index (χ0n) is 9.27. The molecule has 1 heterocycles. The third kappa shape index (κ3) is 3.20. The second-order valence-corrected chi connectivity index (χ2v) is 3.90. The first-order valence-corrected chi connectivity index (χ1v) is 5.28. The van der Waals surface area contributed by atoms with E-state index >= 15 is 0 Å². The Kier molecular flexibility index (Phi) is 4.08. The van der Waals surface area contributed by atoms with Gasteiger partial charge in [-0.1, -0.05) is 6.92 Å². The van der Waals surface area contributed by atoms with Crippen molar-refractivity contribution in [3.8, 4) is 0 Å². The smallest absolute Gasteiger partial charge is 0.305 e. The molecule has 1 aliphatic heterocycles. The molecule has 0 aromatic carbocycles. The number of nitrogens with zero attached hydrogens (tertiary/aromatic N) is 2. The Balaban J connectivity index is 2.50.